The summed E-state index contributed by atoms with van der Waals surface area (Å²) in [6.07, 6.45) is 3.07. The molecule has 0 saturated carbocycles. The lowest BCUT2D eigenvalue weighted by Gasteiger charge is -1.95. The van der Waals surface area contributed by atoms with Crippen molar-refractivity contribution < 1.29 is 9.21 Å². The fraction of sp³-hybridized carbons (Fsp3) is 0. The first-order valence-electron chi connectivity index (χ1n) is 6.44. The fourth-order valence-corrected chi connectivity index (χ4v) is 3.20. The molecule has 0 fully saturated rings. The molecule has 23 heavy (non-hydrogen) atoms. The molecule has 1 amide bonds. The number of amides is 1. The van der Waals surface area contributed by atoms with Gasteiger partial charge < -0.3 is 4.42 Å². The van der Waals surface area contributed by atoms with E-state index in [1.165, 1.54) is 17.4 Å². The van der Waals surface area contributed by atoms with Crippen LogP contribution in [0, 0.1) is 0 Å². The molecule has 0 spiro atoms. The maximum atomic E-state index is 11.8. The molecule has 0 unspecified atom stereocenters. The van der Waals surface area contributed by atoms with Gasteiger partial charge in [-0.05, 0) is 17.7 Å². The molecule has 2 aromatic heterocycles. The third-order valence-electron chi connectivity index (χ3n) is 2.77. The summed E-state index contributed by atoms with van der Waals surface area (Å²) in [7, 11) is 0. The highest BCUT2D eigenvalue weighted by Gasteiger charge is 2.15. The van der Waals surface area contributed by atoms with Crippen molar-refractivity contribution in [2.75, 3.05) is 5.32 Å². The molecule has 2 heterocycles. The topological polar surface area (TPSA) is 68.0 Å². The smallest absolute Gasteiger partial charge is 0.322 e. The lowest BCUT2D eigenvalue weighted by atomic mass is 10.2. The Morgan fingerprint density at radius 1 is 1.22 bits per heavy atom. The zero-order chi connectivity index (χ0) is 16.2. The molecule has 0 atom stereocenters. The van der Waals surface area contributed by atoms with E-state index in [-0.39, 0.29) is 17.8 Å². The van der Waals surface area contributed by atoms with Crippen molar-refractivity contribution in [3.05, 3.63) is 56.7 Å². The second-order valence-electron chi connectivity index (χ2n) is 4.38. The SMILES string of the molecule is O=C(C=Cc1ccccc1)Nc1nnc(-c2cc(Cl)sc2Cl)o1. The molecule has 116 valence electrons. The van der Waals surface area contributed by atoms with Crippen molar-refractivity contribution >= 4 is 52.5 Å². The Labute approximate surface area is 145 Å². The Kier molecular flexibility index (Phi) is 4.76. The van der Waals surface area contributed by atoms with Crippen LogP contribution in [0.5, 0.6) is 0 Å². The lowest BCUT2D eigenvalue weighted by molar-refractivity contribution is -0.112. The van der Waals surface area contributed by atoms with E-state index in [4.69, 9.17) is 27.6 Å². The Morgan fingerprint density at radius 3 is 2.70 bits per heavy atom. The molecule has 0 radical (unpaired) electrons. The minimum atomic E-state index is -0.376. The van der Waals surface area contributed by atoms with E-state index in [0.717, 1.165) is 5.56 Å². The van der Waals surface area contributed by atoms with Gasteiger partial charge in [0, 0.05) is 6.08 Å². The molecule has 0 aliphatic heterocycles. The molecule has 0 aliphatic rings. The van der Waals surface area contributed by atoms with Crippen LogP contribution in [0.2, 0.25) is 8.67 Å². The molecule has 3 rings (SSSR count). The largest absolute Gasteiger partial charge is 0.403 e. The number of halogens is 2. The summed E-state index contributed by atoms with van der Waals surface area (Å²) in [4.78, 5) is 11.8. The molecule has 8 heteroatoms. The van der Waals surface area contributed by atoms with E-state index in [1.54, 1.807) is 12.1 Å². The normalized spacial score (nSPS) is 11.0. The highest BCUT2D eigenvalue weighted by molar-refractivity contribution is 7.20. The molecular formula is C15H9Cl2N3O2S. The number of nitrogens with one attached hydrogen (secondary N) is 1. The van der Waals surface area contributed by atoms with Crippen molar-refractivity contribution in [3.8, 4) is 11.5 Å². The van der Waals surface area contributed by atoms with Gasteiger partial charge in [0.1, 0.15) is 4.34 Å². The third kappa shape index (κ3) is 3.98. The minimum Gasteiger partial charge on any atom is -0.403 e. The minimum absolute atomic E-state index is 0.0129. The first kappa shape index (κ1) is 15.7. The van der Waals surface area contributed by atoms with E-state index < -0.39 is 0 Å². The number of hydrogen-bond acceptors (Lipinski definition) is 5. The Bertz CT molecular complexity index is 859. The van der Waals surface area contributed by atoms with E-state index >= 15 is 0 Å². The zero-order valence-electron chi connectivity index (χ0n) is 11.5. The zero-order valence-corrected chi connectivity index (χ0v) is 13.8. The molecule has 1 N–H and O–H groups in total. The van der Waals surface area contributed by atoms with Crippen molar-refractivity contribution in [1.29, 1.82) is 0 Å². The molecule has 0 bridgehead atoms. The van der Waals surface area contributed by atoms with Gasteiger partial charge in [0.2, 0.25) is 0 Å². The van der Waals surface area contributed by atoms with Gasteiger partial charge in [-0.1, -0.05) is 58.6 Å². The Morgan fingerprint density at radius 2 is 2.00 bits per heavy atom. The van der Waals surface area contributed by atoms with Crippen LogP contribution in [0.1, 0.15) is 5.56 Å². The van der Waals surface area contributed by atoms with E-state index in [0.29, 0.717) is 14.2 Å². The first-order chi connectivity index (χ1) is 11.1. The molecule has 5 nitrogen and oxygen atoms in total. The van der Waals surface area contributed by atoms with Crippen molar-refractivity contribution in [3.63, 3.8) is 0 Å². The number of anilines is 1. The lowest BCUT2D eigenvalue weighted by Crippen LogP contribution is -2.07. The Balaban J connectivity index is 1.68. The number of benzene rings is 1. The van der Waals surface area contributed by atoms with Gasteiger partial charge in [-0.2, -0.15) is 0 Å². The second kappa shape index (κ2) is 6.95. The third-order valence-corrected chi connectivity index (χ3v) is 4.26. The molecule has 3 aromatic rings. The van der Waals surface area contributed by atoms with Crippen LogP contribution < -0.4 is 5.32 Å². The van der Waals surface area contributed by atoms with E-state index in [9.17, 15) is 4.79 Å². The monoisotopic (exact) mass is 365 g/mol. The number of rotatable bonds is 4. The van der Waals surface area contributed by atoms with Gasteiger partial charge in [0.15, 0.2) is 0 Å². The quantitative estimate of drug-likeness (QED) is 0.676. The van der Waals surface area contributed by atoms with Gasteiger partial charge in [-0.3, -0.25) is 10.1 Å². The standard InChI is InChI=1S/C15H9Cl2N3O2S/c16-11-8-10(13(17)23-11)14-19-20-15(22-14)18-12(21)7-6-9-4-2-1-3-5-9/h1-8H,(H,18,20,21). The number of carbonyl (C=O) groups is 1. The van der Waals surface area contributed by atoms with E-state index in [1.807, 2.05) is 30.3 Å². The summed E-state index contributed by atoms with van der Waals surface area (Å²) in [5.74, 6) is -0.181. The van der Waals surface area contributed by atoms with Gasteiger partial charge in [0.05, 0.1) is 9.90 Å². The maximum Gasteiger partial charge on any atom is 0.322 e. The number of thiophene rings is 1. The van der Waals surface area contributed by atoms with Gasteiger partial charge in [0.25, 0.3) is 11.8 Å². The summed E-state index contributed by atoms with van der Waals surface area (Å²) in [6, 6.07) is 11.1. The van der Waals surface area contributed by atoms with Crippen LogP contribution >= 0.6 is 34.5 Å². The summed E-state index contributed by atoms with van der Waals surface area (Å²) in [5, 5.41) is 10.1. The predicted molar refractivity (Wildman–Crippen MR) is 91.7 cm³/mol. The van der Waals surface area contributed by atoms with Crippen LogP contribution in [0.4, 0.5) is 6.01 Å². The van der Waals surface area contributed by atoms with Gasteiger partial charge in [-0.15, -0.1) is 16.4 Å². The van der Waals surface area contributed by atoms with Crippen LogP contribution in [0.15, 0.2) is 46.9 Å². The second-order valence-corrected chi connectivity index (χ2v) is 6.67. The summed E-state index contributed by atoms with van der Waals surface area (Å²) >= 11 is 13.1. The number of nitrogens with zero attached hydrogens (tertiary/aromatic N) is 2. The van der Waals surface area contributed by atoms with Crippen LogP contribution in [0.3, 0.4) is 0 Å². The maximum absolute atomic E-state index is 11.8. The molecule has 1 aromatic carbocycles. The number of aromatic nitrogens is 2. The fourth-order valence-electron chi connectivity index (χ4n) is 1.75. The van der Waals surface area contributed by atoms with Crippen LogP contribution in [0.25, 0.3) is 17.5 Å². The summed E-state index contributed by atoms with van der Waals surface area (Å²) < 4.78 is 6.32. The number of carbonyl (C=O) groups excluding carboxylic acids is 1. The van der Waals surface area contributed by atoms with E-state index in [2.05, 4.69) is 15.5 Å². The summed E-state index contributed by atoms with van der Waals surface area (Å²) in [5.41, 5.74) is 1.45. The van der Waals surface area contributed by atoms with Crippen molar-refractivity contribution in [2.24, 2.45) is 0 Å². The Hall–Kier alpha value is -2.15. The highest BCUT2D eigenvalue weighted by atomic mass is 35.5. The highest BCUT2D eigenvalue weighted by Crippen LogP contribution is 2.37. The average Bonchev–Trinajstić information content (AvgIpc) is 3.12. The van der Waals surface area contributed by atoms with Gasteiger partial charge in [-0.25, -0.2) is 0 Å². The first-order valence-corrected chi connectivity index (χ1v) is 8.02. The number of hydrogen-bond donors (Lipinski definition) is 1. The van der Waals surface area contributed by atoms with Crippen molar-refractivity contribution in [2.45, 2.75) is 0 Å². The average molecular weight is 366 g/mol. The van der Waals surface area contributed by atoms with Crippen LogP contribution in [-0.2, 0) is 4.79 Å². The van der Waals surface area contributed by atoms with Crippen molar-refractivity contribution in [1.82, 2.24) is 10.2 Å². The molecule has 0 aliphatic carbocycles. The molecule has 0 saturated heterocycles. The molecular weight excluding hydrogens is 357 g/mol. The van der Waals surface area contributed by atoms with Gasteiger partial charge >= 0.3 is 6.01 Å². The van der Waals surface area contributed by atoms with Crippen LogP contribution in [-0.4, -0.2) is 16.1 Å². The summed E-state index contributed by atoms with van der Waals surface area (Å²) in [6.45, 7) is 0. The predicted octanol–water partition coefficient (Wildman–Crippen LogP) is 4.76.